The van der Waals surface area contributed by atoms with Gasteiger partial charge in [0.15, 0.2) is 5.78 Å². The van der Waals surface area contributed by atoms with Crippen LogP contribution in [0.25, 0.3) is 6.08 Å². The normalized spacial score (nSPS) is 11.2. The number of aryl methyl sites for hydroxylation is 2. The monoisotopic (exact) mass is 406 g/mol. The summed E-state index contributed by atoms with van der Waals surface area (Å²) in [6, 6.07) is 10.5. The molecular weight excluding hydrogens is 391 g/mol. The minimum absolute atomic E-state index is 0.0354. The maximum Gasteiger partial charge on any atom is 0.187 e. The van der Waals surface area contributed by atoms with Gasteiger partial charge in [-0.1, -0.05) is 23.2 Å². The lowest BCUT2D eigenvalue weighted by Gasteiger charge is -2.06. The number of hydrogen-bond donors (Lipinski definition) is 0. The molecule has 0 spiro atoms. The number of benzene rings is 1. The zero-order chi connectivity index (χ0) is 18.7. The lowest BCUT2D eigenvalue weighted by Crippen LogP contribution is -1.94. The fraction of sp³-hybridized carbons (Fsp3) is 0.150. The van der Waals surface area contributed by atoms with Crippen molar-refractivity contribution in [3.8, 4) is 5.75 Å². The van der Waals surface area contributed by atoms with Crippen LogP contribution in [0.3, 0.4) is 0 Å². The Labute approximate surface area is 165 Å². The van der Waals surface area contributed by atoms with Gasteiger partial charge in [0, 0.05) is 26.4 Å². The number of ketones is 1. The van der Waals surface area contributed by atoms with E-state index in [1.54, 1.807) is 47.7 Å². The van der Waals surface area contributed by atoms with Crippen molar-refractivity contribution in [3.05, 3.63) is 79.4 Å². The van der Waals surface area contributed by atoms with Gasteiger partial charge in [-0.3, -0.25) is 4.79 Å². The lowest BCUT2D eigenvalue weighted by molar-refractivity contribution is 0.104. The Kier molecular flexibility index (Phi) is 5.87. The third-order valence-corrected chi connectivity index (χ3v) is 5.16. The number of carbonyl (C=O) groups excluding carboxylic acids is 1. The molecule has 0 saturated heterocycles. The molecule has 0 atom stereocenters. The molecule has 0 aliphatic heterocycles. The fourth-order valence-electron chi connectivity index (χ4n) is 2.42. The second-order valence-corrected chi connectivity index (χ2v) is 8.00. The van der Waals surface area contributed by atoms with Gasteiger partial charge in [-0.05, 0) is 56.3 Å². The minimum Gasteiger partial charge on any atom is -0.484 e. The van der Waals surface area contributed by atoms with E-state index in [0.29, 0.717) is 27.3 Å². The maximum absolute atomic E-state index is 12.3. The highest BCUT2D eigenvalue weighted by atomic mass is 35.5. The number of hydrogen-bond acceptors (Lipinski definition) is 4. The van der Waals surface area contributed by atoms with Gasteiger partial charge in [0.2, 0.25) is 0 Å². The number of allylic oxidation sites excluding steroid dienone is 1. The molecule has 3 nitrogen and oxygen atoms in total. The van der Waals surface area contributed by atoms with Crippen LogP contribution >= 0.6 is 34.5 Å². The zero-order valence-corrected chi connectivity index (χ0v) is 16.5. The molecule has 2 aromatic heterocycles. The summed E-state index contributed by atoms with van der Waals surface area (Å²) in [5, 5.41) is 1.03. The van der Waals surface area contributed by atoms with Crippen molar-refractivity contribution >= 4 is 46.4 Å². The molecule has 0 aliphatic rings. The van der Waals surface area contributed by atoms with E-state index in [1.807, 2.05) is 19.9 Å². The van der Waals surface area contributed by atoms with Gasteiger partial charge >= 0.3 is 0 Å². The standard InChI is InChI=1S/C20H16Cl2O3S/c1-12-9-17(13(2)26-12)19(23)8-6-15-4-5-16(25-15)11-24-20-10-14(21)3-7-18(20)22/h3-10H,11H2,1-2H3/b8-6+. The Morgan fingerprint density at radius 1 is 1.19 bits per heavy atom. The van der Waals surface area contributed by atoms with Crippen molar-refractivity contribution in [2.75, 3.05) is 0 Å². The van der Waals surface area contributed by atoms with E-state index in [-0.39, 0.29) is 12.4 Å². The summed E-state index contributed by atoms with van der Waals surface area (Å²) < 4.78 is 11.3. The minimum atomic E-state index is -0.0354. The van der Waals surface area contributed by atoms with Crippen LogP contribution in [-0.2, 0) is 6.61 Å². The number of rotatable bonds is 6. The van der Waals surface area contributed by atoms with Crippen LogP contribution in [0, 0.1) is 13.8 Å². The topological polar surface area (TPSA) is 39.4 Å². The summed E-state index contributed by atoms with van der Waals surface area (Å²) in [6.07, 6.45) is 3.18. The zero-order valence-electron chi connectivity index (χ0n) is 14.2. The molecule has 0 saturated carbocycles. The van der Waals surface area contributed by atoms with Crippen molar-refractivity contribution in [1.82, 2.24) is 0 Å². The van der Waals surface area contributed by atoms with Gasteiger partial charge in [-0.25, -0.2) is 0 Å². The molecule has 1 aromatic carbocycles. The Hall–Kier alpha value is -2.01. The molecule has 2 heterocycles. The first-order chi connectivity index (χ1) is 12.4. The molecule has 0 bridgehead atoms. The summed E-state index contributed by atoms with van der Waals surface area (Å²) in [6.45, 7) is 4.15. The third kappa shape index (κ3) is 4.58. The van der Waals surface area contributed by atoms with Crippen LogP contribution in [0.4, 0.5) is 0 Å². The SMILES string of the molecule is Cc1cc(C(=O)/C=C/c2ccc(COc3cc(Cl)ccc3Cl)o2)c(C)s1. The molecule has 26 heavy (non-hydrogen) atoms. The largest absolute Gasteiger partial charge is 0.484 e. The van der Waals surface area contributed by atoms with Gasteiger partial charge in [0.1, 0.15) is 23.9 Å². The highest BCUT2D eigenvalue weighted by Crippen LogP contribution is 2.28. The molecule has 134 valence electrons. The Balaban J connectivity index is 1.63. The Morgan fingerprint density at radius 2 is 2.00 bits per heavy atom. The summed E-state index contributed by atoms with van der Waals surface area (Å²) in [7, 11) is 0. The number of carbonyl (C=O) groups is 1. The summed E-state index contributed by atoms with van der Waals surface area (Å²) in [4.78, 5) is 14.4. The average Bonchev–Trinajstić information content (AvgIpc) is 3.19. The molecule has 3 rings (SSSR count). The summed E-state index contributed by atoms with van der Waals surface area (Å²) in [5.74, 6) is 1.66. The van der Waals surface area contributed by atoms with Crippen LogP contribution in [0.5, 0.6) is 5.75 Å². The summed E-state index contributed by atoms with van der Waals surface area (Å²) in [5.41, 5.74) is 0.731. The molecule has 0 amide bonds. The second-order valence-electron chi connectivity index (χ2n) is 5.69. The van der Waals surface area contributed by atoms with Crippen molar-refractivity contribution in [2.45, 2.75) is 20.5 Å². The first-order valence-corrected chi connectivity index (χ1v) is 9.45. The van der Waals surface area contributed by atoms with E-state index < -0.39 is 0 Å². The molecule has 6 heteroatoms. The maximum atomic E-state index is 12.3. The Bertz CT molecular complexity index is 969. The summed E-state index contributed by atoms with van der Waals surface area (Å²) >= 11 is 13.6. The van der Waals surface area contributed by atoms with Gasteiger partial charge in [-0.15, -0.1) is 11.3 Å². The van der Waals surface area contributed by atoms with Crippen molar-refractivity contribution in [2.24, 2.45) is 0 Å². The second kappa shape index (κ2) is 8.12. The quantitative estimate of drug-likeness (QED) is 0.336. The van der Waals surface area contributed by atoms with E-state index in [1.165, 1.54) is 6.08 Å². The molecule has 0 unspecified atom stereocenters. The molecule has 0 aliphatic carbocycles. The molecular formula is C20H16Cl2O3S. The van der Waals surface area contributed by atoms with Crippen molar-refractivity contribution in [3.63, 3.8) is 0 Å². The predicted molar refractivity (Wildman–Crippen MR) is 107 cm³/mol. The number of ether oxygens (including phenoxy) is 1. The molecule has 0 radical (unpaired) electrons. The molecule has 0 N–H and O–H groups in total. The predicted octanol–water partition coefficient (Wildman–Crippen LogP) is 6.74. The molecule has 0 fully saturated rings. The van der Waals surface area contributed by atoms with E-state index >= 15 is 0 Å². The van der Waals surface area contributed by atoms with Gasteiger partial charge in [0.05, 0.1) is 5.02 Å². The van der Waals surface area contributed by atoms with Gasteiger partial charge in [-0.2, -0.15) is 0 Å². The first kappa shape index (κ1) is 18.8. The molecule has 3 aromatic rings. The van der Waals surface area contributed by atoms with Crippen molar-refractivity contribution in [1.29, 1.82) is 0 Å². The van der Waals surface area contributed by atoms with E-state index in [4.69, 9.17) is 32.4 Å². The van der Waals surface area contributed by atoms with Crippen LogP contribution < -0.4 is 4.74 Å². The van der Waals surface area contributed by atoms with Crippen LogP contribution in [-0.4, -0.2) is 5.78 Å². The first-order valence-electron chi connectivity index (χ1n) is 7.88. The van der Waals surface area contributed by atoms with Crippen LogP contribution in [0.15, 0.2) is 46.9 Å². The third-order valence-electron chi connectivity index (χ3n) is 3.65. The highest BCUT2D eigenvalue weighted by molar-refractivity contribution is 7.12. The van der Waals surface area contributed by atoms with Crippen LogP contribution in [0.1, 0.15) is 31.6 Å². The van der Waals surface area contributed by atoms with Gasteiger partial charge in [0.25, 0.3) is 0 Å². The highest BCUT2D eigenvalue weighted by Gasteiger charge is 2.10. The number of halogens is 2. The van der Waals surface area contributed by atoms with Crippen molar-refractivity contribution < 1.29 is 13.9 Å². The Morgan fingerprint density at radius 3 is 2.73 bits per heavy atom. The number of furan rings is 1. The smallest absolute Gasteiger partial charge is 0.187 e. The average molecular weight is 407 g/mol. The van der Waals surface area contributed by atoms with Gasteiger partial charge < -0.3 is 9.15 Å². The van der Waals surface area contributed by atoms with E-state index in [2.05, 4.69) is 0 Å². The van der Waals surface area contributed by atoms with E-state index in [0.717, 1.165) is 15.3 Å². The fourth-order valence-corrected chi connectivity index (χ4v) is 3.68. The lowest BCUT2D eigenvalue weighted by atomic mass is 10.1. The van der Waals surface area contributed by atoms with Crippen LogP contribution in [0.2, 0.25) is 10.0 Å². The van der Waals surface area contributed by atoms with E-state index in [9.17, 15) is 4.79 Å². The number of thiophene rings is 1.